The lowest BCUT2D eigenvalue weighted by Gasteiger charge is -1.87. The molecule has 0 aliphatic carbocycles. The first-order chi connectivity index (χ1) is 5.81. The molecule has 0 amide bonds. The Bertz CT molecular complexity index is 410. The fraction of sp³-hybridized carbons (Fsp3) is 0.125. The van der Waals surface area contributed by atoms with Crippen molar-refractivity contribution in [2.75, 3.05) is 0 Å². The molecule has 0 saturated carbocycles. The summed E-state index contributed by atoms with van der Waals surface area (Å²) >= 11 is 13.2. The van der Waals surface area contributed by atoms with Crippen LogP contribution in [0.3, 0.4) is 0 Å². The summed E-state index contributed by atoms with van der Waals surface area (Å²) in [7, 11) is 0. The van der Waals surface area contributed by atoms with Crippen molar-refractivity contribution in [2.45, 2.75) is 5.88 Å². The number of halogens is 2. The fourth-order valence-corrected chi connectivity index (χ4v) is 2.35. The maximum absolute atomic E-state index is 5.95. The van der Waals surface area contributed by atoms with Crippen molar-refractivity contribution in [3.63, 3.8) is 0 Å². The Morgan fingerprint density at radius 1 is 1.42 bits per heavy atom. The van der Waals surface area contributed by atoms with Gasteiger partial charge in [-0.1, -0.05) is 17.7 Å². The predicted octanol–water partition coefficient (Wildman–Crippen LogP) is 3.69. The standard InChI is InChI=1S/C8H5Cl2NS/c9-4-7-11-6-3-1-2-5(10)8(6)12-7/h1-3H,4H2. The summed E-state index contributed by atoms with van der Waals surface area (Å²) in [6, 6.07) is 5.69. The molecule has 0 spiro atoms. The molecule has 2 rings (SSSR count). The smallest absolute Gasteiger partial charge is 0.109 e. The van der Waals surface area contributed by atoms with Gasteiger partial charge in [-0.3, -0.25) is 0 Å². The zero-order chi connectivity index (χ0) is 8.55. The second-order valence-corrected chi connectivity index (χ2v) is 4.09. The van der Waals surface area contributed by atoms with E-state index in [-0.39, 0.29) is 0 Å². The van der Waals surface area contributed by atoms with E-state index in [0.29, 0.717) is 5.88 Å². The van der Waals surface area contributed by atoms with Gasteiger partial charge in [0.15, 0.2) is 0 Å². The molecule has 0 fully saturated rings. The maximum atomic E-state index is 5.95. The molecule has 0 aliphatic rings. The molecule has 0 saturated heterocycles. The summed E-state index contributed by atoms with van der Waals surface area (Å²) in [5, 5.41) is 1.67. The first kappa shape index (κ1) is 8.30. The predicted molar refractivity (Wildman–Crippen MR) is 54.2 cm³/mol. The molecule has 1 nitrogen and oxygen atoms in total. The van der Waals surface area contributed by atoms with E-state index in [0.717, 1.165) is 20.2 Å². The molecular weight excluding hydrogens is 213 g/mol. The minimum Gasteiger partial charge on any atom is -0.240 e. The molecular formula is C8H5Cl2NS. The minimum atomic E-state index is 0.454. The Kier molecular flexibility index (Phi) is 2.22. The van der Waals surface area contributed by atoms with Gasteiger partial charge in [0.25, 0.3) is 0 Å². The van der Waals surface area contributed by atoms with Crippen molar-refractivity contribution in [1.29, 1.82) is 0 Å². The summed E-state index contributed by atoms with van der Waals surface area (Å²) in [4.78, 5) is 4.29. The summed E-state index contributed by atoms with van der Waals surface area (Å²) in [5.41, 5.74) is 0.933. The number of fused-ring (bicyclic) bond motifs is 1. The Balaban J connectivity index is 2.74. The number of alkyl halides is 1. The van der Waals surface area contributed by atoms with Crippen LogP contribution in [0.2, 0.25) is 5.02 Å². The number of thiazole rings is 1. The molecule has 1 heterocycles. The van der Waals surface area contributed by atoms with Crippen molar-refractivity contribution >= 4 is 44.8 Å². The van der Waals surface area contributed by atoms with E-state index in [2.05, 4.69) is 4.98 Å². The second-order valence-electron chi connectivity index (χ2n) is 2.33. The first-order valence-electron chi connectivity index (χ1n) is 3.41. The zero-order valence-electron chi connectivity index (χ0n) is 6.05. The van der Waals surface area contributed by atoms with Crippen LogP contribution >= 0.6 is 34.5 Å². The Morgan fingerprint density at radius 2 is 2.25 bits per heavy atom. The van der Waals surface area contributed by atoms with Crippen LogP contribution in [0.15, 0.2) is 18.2 Å². The lowest BCUT2D eigenvalue weighted by molar-refractivity contribution is 1.30. The molecule has 0 bridgehead atoms. The average Bonchev–Trinajstić information content (AvgIpc) is 2.49. The van der Waals surface area contributed by atoms with Crippen molar-refractivity contribution < 1.29 is 0 Å². The lowest BCUT2D eigenvalue weighted by Crippen LogP contribution is -1.71. The van der Waals surface area contributed by atoms with Gasteiger partial charge in [-0.2, -0.15) is 0 Å². The van der Waals surface area contributed by atoms with Gasteiger partial charge in [0, 0.05) is 0 Å². The molecule has 2 aromatic rings. The lowest BCUT2D eigenvalue weighted by atomic mass is 10.3. The highest BCUT2D eigenvalue weighted by atomic mass is 35.5. The van der Waals surface area contributed by atoms with Gasteiger partial charge in [-0.05, 0) is 12.1 Å². The molecule has 1 aromatic heterocycles. The molecule has 0 N–H and O–H groups in total. The van der Waals surface area contributed by atoms with E-state index in [1.54, 1.807) is 11.3 Å². The summed E-state index contributed by atoms with van der Waals surface area (Å²) in [6.45, 7) is 0. The maximum Gasteiger partial charge on any atom is 0.109 e. The van der Waals surface area contributed by atoms with E-state index in [1.165, 1.54) is 0 Å². The Labute approximate surface area is 83.9 Å². The van der Waals surface area contributed by atoms with Gasteiger partial charge in [0.2, 0.25) is 0 Å². The van der Waals surface area contributed by atoms with E-state index in [9.17, 15) is 0 Å². The van der Waals surface area contributed by atoms with Crippen LogP contribution in [-0.2, 0) is 5.88 Å². The fourth-order valence-electron chi connectivity index (χ4n) is 1.02. The average molecular weight is 218 g/mol. The number of aromatic nitrogens is 1. The van der Waals surface area contributed by atoms with Gasteiger partial charge < -0.3 is 0 Å². The molecule has 4 heteroatoms. The van der Waals surface area contributed by atoms with Crippen LogP contribution in [0.25, 0.3) is 10.2 Å². The van der Waals surface area contributed by atoms with Gasteiger partial charge in [0.05, 0.1) is 21.1 Å². The van der Waals surface area contributed by atoms with Crippen LogP contribution in [-0.4, -0.2) is 4.98 Å². The van der Waals surface area contributed by atoms with Crippen molar-refractivity contribution in [3.8, 4) is 0 Å². The topological polar surface area (TPSA) is 12.9 Å². The SMILES string of the molecule is ClCc1nc2cccc(Cl)c2s1. The molecule has 0 radical (unpaired) electrons. The third-order valence-corrected chi connectivity index (χ3v) is 3.47. The molecule has 0 atom stereocenters. The normalized spacial score (nSPS) is 10.8. The molecule has 0 unspecified atom stereocenters. The second kappa shape index (κ2) is 3.21. The third kappa shape index (κ3) is 1.30. The van der Waals surface area contributed by atoms with Crippen LogP contribution in [0.4, 0.5) is 0 Å². The summed E-state index contributed by atoms with van der Waals surface area (Å²) < 4.78 is 1.02. The summed E-state index contributed by atoms with van der Waals surface area (Å²) in [5.74, 6) is 0.454. The van der Waals surface area contributed by atoms with Gasteiger partial charge in [0.1, 0.15) is 5.01 Å². The van der Waals surface area contributed by atoms with Gasteiger partial charge in [-0.25, -0.2) is 4.98 Å². The minimum absolute atomic E-state index is 0.454. The first-order valence-corrected chi connectivity index (χ1v) is 5.14. The molecule has 62 valence electrons. The Hall–Kier alpha value is -0.310. The number of rotatable bonds is 1. The van der Waals surface area contributed by atoms with Gasteiger partial charge in [-0.15, -0.1) is 22.9 Å². The number of benzene rings is 1. The molecule has 1 aromatic carbocycles. The van der Waals surface area contributed by atoms with E-state index >= 15 is 0 Å². The van der Waals surface area contributed by atoms with Crippen LogP contribution in [0, 0.1) is 0 Å². The third-order valence-electron chi connectivity index (χ3n) is 1.53. The van der Waals surface area contributed by atoms with Crippen LogP contribution < -0.4 is 0 Å². The number of hydrogen-bond donors (Lipinski definition) is 0. The monoisotopic (exact) mass is 217 g/mol. The van der Waals surface area contributed by atoms with E-state index < -0.39 is 0 Å². The van der Waals surface area contributed by atoms with Gasteiger partial charge >= 0.3 is 0 Å². The van der Waals surface area contributed by atoms with E-state index in [4.69, 9.17) is 23.2 Å². The molecule has 0 aliphatic heterocycles. The number of nitrogens with zero attached hydrogens (tertiary/aromatic N) is 1. The van der Waals surface area contributed by atoms with Crippen molar-refractivity contribution in [1.82, 2.24) is 4.98 Å². The van der Waals surface area contributed by atoms with Crippen LogP contribution in [0.1, 0.15) is 5.01 Å². The van der Waals surface area contributed by atoms with E-state index in [1.807, 2.05) is 18.2 Å². The van der Waals surface area contributed by atoms with Crippen LogP contribution in [0.5, 0.6) is 0 Å². The highest BCUT2D eigenvalue weighted by Crippen LogP contribution is 2.29. The van der Waals surface area contributed by atoms with Crippen molar-refractivity contribution in [2.24, 2.45) is 0 Å². The zero-order valence-corrected chi connectivity index (χ0v) is 8.38. The largest absolute Gasteiger partial charge is 0.240 e. The molecule has 12 heavy (non-hydrogen) atoms. The highest BCUT2D eigenvalue weighted by Gasteiger charge is 2.04. The Morgan fingerprint density at radius 3 is 2.92 bits per heavy atom. The summed E-state index contributed by atoms with van der Waals surface area (Å²) in [6.07, 6.45) is 0. The number of hydrogen-bond acceptors (Lipinski definition) is 2. The highest BCUT2D eigenvalue weighted by molar-refractivity contribution is 7.19. The quantitative estimate of drug-likeness (QED) is 0.665. The van der Waals surface area contributed by atoms with Crippen molar-refractivity contribution in [3.05, 3.63) is 28.2 Å².